The molecule has 0 saturated carbocycles. The molecule has 2 aromatic rings. The van der Waals surface area contributed by atoms with Crippen LogP contribution in [0.25, 0.3) is 0 Å². The zero-order valence-electron chi connectivity index (χ0n) is 11.0. The normalized spacial score (nSPS) is 16.3. The van der Waals surface area contributed by atoms with Gasteiger partial charge in [0.2, 0.25) is 0 Å². The predicted molar refractivity (Wildman–Crippen MR) is 81.8 cm³/mol. The minimum absolute atomic E-state index is 0.187. The second-order valence-electron chi connectivity index (χ2n) is 4.72. The molecule has 20 heavy (non-hydrogen) atoms. The quantitative estimate of drug-likeness (QED) is 0.477. The van der Waals surface area contributed by atoms with Crippen molar-refractivity contribution in [3.63, 3.8) is 0 Å². The number of amides is 1. The summed E-state index contributed by atoms with van der Waals surface area (Å²) < 4.78 is 1.31. The van der Waals surface area contributed by atoms with Gasteiger partial charge in [-0.25, -0.2) is 0 Å². The third-order valence-electron chi connectivity index (χ3n) is 3.22. The van der Waals surface area contributed by atoms with Gasteiger partial charge in [0.25, 0.3) is 0 Å². The van der Waals surface area contributed by atoms with E-state index in [0.29, 0.717) is 0 Å². The molecule has 1 amide bonds. The Bertz CT molecular complexity index is 622. The number of rotatable bonds is 4. The molecule has 0 atom stereocenters. The zero-order valence-corrected chi connectivity index (χ0v) is 12.7. The van der Waals surface area contributed by atoms with Crippen molar-refractivity contribution in [3.8, 4) is 0 Å². The second kappa shape index (κ2) is 6.08. The van der Waals surface area contributed by atoms with Gasteiger partial charge in [0.05, 0.1) is 0 Å². The Morgan fingerprint density at radius 2 is 1.65 bits per heavy atom. The molecule has 1 aliphatic heterocycles. The van der Waals surface area contributed by atoms with Crippen molar-refractivity contribution >= 4 is 25.3 Å². The van der Waals surface area contributed by atoms with E-state index < -0.39 is 0 Å². The zero-order chi connectivity index (χ0) is 13.8. The van der Waals surface area contributed by atoms with E-state index in [9.17, 15) is 4.79 Å². The fraction of sp³-hybridized carbons (Fsp3) is 0.118. The Morgan fingerprint density at radius 3 is 2.30 bits per heavy atom. The maximum absolute atomic E-state index is 12.1. The molecule has 0 N–H and O–H groups in total. The van der Waals surface area contributed by atoms with Crippen molar-refractivity contribution in [1.82, 2.24) is 4.90 Å². The van der Waals surface area contributed by atoms with E-state index >= 15 is 0 Å². The molecule has 0 spiro atoms. The molecular formula is C17H15NOSe. The number of benzene rings is 2. The third kappa shape index (κ3) is 3.01. The summed E-state index contributed by atoms with van der Waals surface area (Å²) in [5, 5.41) is 0. The average Bonchev–Trinajstić information content (AvgIpc) is 2.52. The standard InChI is InChI=1S/C17H15NOSe/c19-17-15(13-20-16-9-5-2-6-10-16)12-18(17)11-14-7-3-1-4-8-14/h1-10,13H,11-12H2/b15-13-. The van der Waals surface area contributed by atoms with E-state index in [4.69, 9.17) is 0 Å². The van der Waals surface area contributed by atoms with Crippen LogP contribution in [0.5, 0.6) is 0 Å². The number of hydrogen-bond acceptors (Lipinski definition) is 1. The minimum atomic E-state index is 0.187. The molecule has 1 fully saturated rings. The molecule has 1 aliphatic rings. The van der Waals surface area contributed by atoms with Crippen LogP contribution in [0.2, 0.25) is 0 Å². The Balaban J connectivity index is 1.57. The van der Waals surface area contributed by atoms with Crippen LogP contribution in [0.4, 0.5) is 0 Å². The van der Waals surface area contributed by atoms with Crippen molar-refractivity contribution in [2.45, 2.75) is 6.54 Å². The van der Waals surface area contributed by atoms with Gasteiger partial charge >= 0.3 is 125 Å². The number of carbonyl (C=O) groups excluding carboxylic acids is 1. The van der Waals surface area contributed by atoms with Crippen molar-refractivity contribution in [3.05, 3.63) is 76.8 Å². The molecule has 2 aromatic carbocycles. The van der Waals surface area contributed by atoms with Gasteiger partial charge in [-0.2, -0.15) is 0 Å². The number of likely N-dealkylation sites (tertiary alicyclic amines) is 1. The topological polar surface area (TPSA) is 20.3 Å². The van der Waals surface area contributed by atoms with Crippen LogP contribution in [-0.4, -0.2) is 32.3 Å². The van der Waals surface area contributed by atoms with Crippen LogP contribution in [-0.2, 0) is 11.3 Å². The van der Waals surface area contributed by atoms with Gasteiger partial charge < -0.3 is 0 Å². The van der Waals surface area contributed by atoms with Crippen LogP contribution in [0.15, 0.2) is 71.2 Å². The van der Waals surface area contributed by atoms with Crippen LogP contribution >= 0.6 is 0 Å². The Morgan fingerprint density at radius 1 is 1.00 bits per heavy atom. The first kappa shape index (κ1) is 13.2. The van der Waals surface area contributed by atoms with Gasteiger partial charge in [-0.05, 0) is 0 Å². The molecule has 0 radical (unpaired) electrons. The molecule has 3 rings (SSSR count). The van der Waals surface area contributed by atoms with Gasteiger partial charge in [0.15, 0.2) is 0 Å². The summed E-state index contributed by atoms with van der Waals surface area (Å²) in [4.78, 5) is 16.1. The number of nitrogens with zero attached hydrogens (tertiary/aromatic N) is 1. The van der Waals surface area contributed by atoms with Crippen LogP contribution in [0.3, 0.4) is 0 Å². The summed E-state index contributed by atoms with van der Waals surface area (Å²) in [6, 6.07) is 20.5. The third-order valence-corrected chi connectivity index (χ3v) is 5.21. The van der Waals surface area contributed by atoms with Gasteiger partial charge in [-0.3, -0.25) is 0 Å². The molecule has 1 heterocycles. The fourth-order valence-corrected chi connectivity index (χ4v) is 3.73. The summed E-state index contributed by atoms with van der Waals surface area (Å²) in [5.41, 5.74) is 2.15. The van der Waals surface area contributed by atoms with Gasteiger partial charge in [-0.1, -0.05) is 0 Å². The number of hydrogen-bond donors (Lipinski definition) is 0. The van der Waals surface area contributed by atoms with Crippen molar-refractivity contribution in [2.24, 2.45) is 0 Å². The molecule has 0 bridgehead atoms. The molecule has 100 valence electrons. The molecule has 3 heteroatoms. The molecular weight excluding hydrogens is 313 g/mol. The monoisotopic (exact) mass is 329 g/mol. The molecule has 0 aliphatic carbocycles. The average molecular weight is 328 g/mol. The Kier molecular flexibility index (Phi) is 4.00. The first-order chi connectivity index (χ1) is 9.83. The molecule has 2 nitrogen and oxygen atoms in total. The molecule has 1 saturated heterocycles. The first-order valence-electron chi connectivity index (χ1n) is 6.57. The van der Waals surface area contributed by atoms with E-state index in [1.807, 2.05) is 41.3 Å². The van der Waals surface area contributed by atoms with Crippen molar-refractivity contribution < 1.29 is 4.79 Å². The Labute approximate surface area is 125 Å². The van der Waals surface area contributed by atoms with Crippen molar-refractivity contribution in [2.75, 3.05) is 6.54 Å². The second-order valence-corrected chi connectivity index (χ2v) is 6.70. The van der Waals surface area contributed by atoms with Crippen LogP contribution in [0.1, 0.15) is 5.56 Å². The SMILES string of the molecule is O=C1/C(=C\[Se]c2ccccc2)CN1Cc1ccccc1. The Hall–Kier alpha value is -1.83. The number of carbonyl (C=O) groups is 1. The van der Waals surface area contributed by atoms with Crippen molar-refractivity contribution in [1.29, 1.82) is 0 Å². The van der Waals surface area contributed by atoms with Gasteiger partial charge in [0, 0.05) is 0 Å². The van der Waals surface area contributed by atoms with E-state index in [1.54, 1.807) is 0 Å². The summed E-state index contributed by atoms with van der Waals surface area (Å²) >= 11 is 0.255. The van der Waals surface area contributed by atoms with E-state index in [2.05, 4.69) is 29.2 Å². The van der Waals surface area contributed by atoms with Gasteiger partial charge in [0.1, 0.15) is 0 Å². The fourth-order valence-electron chi connectivity index (χ4n) is 2.11. The van der Waals surface area contributed by atoms with Crippen LogP contribution in [0, 0.1) is 0 Å². The summed E-state index contributed by atoms with van der Waals surface area (Å²) in [5.74, 6) is 0.187. The number of β-lactam (4-membered cyclic amide) rings is 1. The maximum atomic E-state index is 12.1. The predicted octanol–water partition coefficient (Wildman–Crippen LogP) is 1.94. The van der Waals surface area contributed by atoms with E-state index in [-0.39, 0.29) is 20.9 Å². The van der Waals surface area contributed by atoms with E-state index in [1.165, 1.54) is 10.0 Å². The summed E-state index contributed by atoms with van der Waals surface area (Å²) in [7, 11) is 0. The summed E-state index contributed by atoms with van der Waals surface area (Å²) in [6.45, 7) is 1.50. The summed E-state index contributed by atoms with van der Waals surface area (Å²) in [6.07, 6.45) is 0. The molecule has 0 aromatic heterocycles. The van der Waals surface area contributed by atoms with Gasteiger partial charge in [-0.15, -0.1) is 0 Å². The van der Waals surface area contributed by atoms with Crippen LogP contribution < -0.4 is 4.46 Å². The first-order valence-corrected chi connectivity index (χ1v) is 8.41. The molecule has 0 unspecified atom stereocenters. The van der Waals surface area contributed by atoms with E-state index in [0.717, 1.165) is 18.7 Å².